The molecule has 0 unspecified atom stereocenters. The Morgan fingerprint density at radius 1 is 1.22 bits per heavy atom. The topological polar surface area (TPSA) is 43.4 Å². The molecule has 2 aromatic rings. The minimum absolute atomic E-state index is 0.298. The Morgan fingerprint density at radius 2 is 1.89 bits per heavy atom. The van der Waals surface area contributed by atoms with Crippen molar-refractivity contribution in [2.24, 2.45) is 0 Å². The molecule has 0 saturated carbocycles. The first-order chi connectivity index (χ1) is 8.47. The number of hydrogen-bond donors (Lipinski definition) is 0. The van der Waals surface area contributed by atoms with E-state index in [9.17, 15) is 8.42 Å². The number of rotatable bonds is 4. The van der Waals surface area contributed by atoms with Crippen LogP contribution in [0.1, 0.15) is 4.88 Å². The van der Waals surface area contributed by atoms with Crippen molar-refractivity contribution in [1.29, 1.82) is 0 Å². The summed E-state index contributed by atoms with van der Waals surface area (Å²) in [5.74, 6) is 0.655. The smallest absolute Gasteiger partial charge is 0.175 e. The highest BCUT2D eigenvalue weighted by molar-refractivity contribution is 9.10. The highest BCUT2D eigenvalue weighted by Crippen LogP contribution is 2.24. The number of hydrogen-bond acceptors (Lipinski definition) is 4. The Morgan fingerprint density at radius 3 is 2.39 bits per heavy atom. The number of halogens is 1. The second-order valence-electron chi connectivity index (χ2n) is 3.72. The lowest BCUT2D eigenvalue weighted by atomic mass is 10.3. The molecule has 1 heterocycles. The summed E-state index contributed by atoms with van der Waals surface area (Å²) in [5.41, 5.74) is 0. The summed E-state index contributed by atoms with van der Waals surface area (Å²) in [6.45, 7) is 0.469. The molecule has 2 rings (SSSR count). The number of thiophene rings is 1. The number of sulfone groups is 1. The van der Waals surface area contributed by atoms with Crippen LogP contribution in [0.5, 0.6) is 5.75 Å². The summed E-state index contributed by atoms with van der Waals surface area (Å²) in [6.07, 6.45) is 1.19. The van der Waals surface area contributed by atoms with Crippen LogP contribution in [0.25, 0.3) is 0 Å². The average Bonchev–Trinajstić information content (AvgIpc) is 2.72. The zero-order valence-corrected chi connectivity index (χ0v) is 12.8. The van der Waals surface area contributed by atoms with Gasteiger partial charge in [-0.15, -0.1) is 11.3 Å². The van der Waals surface area contributed by atoms with E-state index < -0.39 is 9.84 Å². The van der Waals surface area contributed by atoms with Crippen LogP contribution in [0.4, 0.5) is 0 Å². The third-order valence-corrected chi connectivity index (χ3v) is 5.34. The standard InChI is InChI=1S/C12H11BrO3S2/c1-18(14,15)10-4-2-9(3-5-10)16-8-12-11(13)6-7-17-12/h2-7H,8H2,1H3. The predicted octanol–water partition coefficient (Wildman–Crippen LogP) is 3.49. The van der Waals surface area contributed by atoms with Gasteiger partial charge in [-0.1, -0.05) is 0 Å². The van der Waals surface area contributed by atoms with E-state index in [2.05, 4.69) is 15.9 Å². The summed E-state index contributed by atoms with van der Waals surface area (Å²) in [5, 5.41) is 1.98. The molecule has 1 aromatic heterocycles. The number of benzene rings is 1. The molecule has 0 aliphatic carbocycles. The maximum atomic E-state index is 11.3. The van der Waals surface area contributed by atoms with E-state index in [-0.39, 0.29) is 0 Å². The summed E-state index contributed by atoms with van der Waals surface area (Å²) in [6, 6.07) is 8.40. The lowest BCUT2D eigenvalue weighted by molar-refractivity contribution is 0.309. The first-order valence-electron chi connectivity index (χ1n) is 5.11. The molecule has 0 aliphatic rings. The van der Waals surface area contributed by atoms with E-state index >= 15 is 0 Å². The van der Waals surface area contributed by atoms with Crippen molar-refractivity contribution < 1.29 is 13.2 Å². The molecular formula is C12H11BrO3S2. The van der Waals surface area contributed by atoms with E-state index in [4.69, 9.17) is 4.74 Å². The Hall–Kier alpha value is -0.850. The van der Waals surface area contributed by atoms with Crippen molar-refractivity contribution in [2.75, 3.05) is 6.26 Å². The van der Waals surface area contributed by atoms with Crippen molar-refractivity contribution in [3.63, 3.8) is 0 Å². The number of ether oxygens (including phenoxy) is 1. The summed E-state index contributed by atoms with van der Waals surface area (Å²) in [4.78, 5) is 1.40. The third kappa shape index (κ3) is 3.34. The van der Waals surface area contributed by atoms with Crippen molar-refractivity contribution in [2.45, 2.75) is 11.5 Å². The Kier molecular flexibility index (Phi) is 4.09. The van der Waals surface area contributed by atoms with Crippen LogP contribution in [0.15, 0.2) is 45.1 Å². The van der Waals surface area contributed by atoms with Crippen LogP contribution in [-0.2, 0) is 16.4 Å². The fraction of sp³-hybridized carbons (Fsp3) is 0.167. The normalized spacial score (nSPS) is 11.4. The Bertz CT molecular complexity index is 630. The van der Waals surface area contributed by atoms with Crippen LogP contribution >= 0.6 is 27.3 Å². The average molecular weight is 347 g/mol. The molecule has 3 nitrogen and oxygen atoms in total. The molecule has 1 aromatic carbocycles. The highest BCUT2D eigenvalue weighted by atomic mass is 79.9. The lowest BCUT2D eigenvalue weighted by Gasteiger charge is -2.06. The van der Waals surface area contributed by atoms with Crippen LogP contribution < -0.4 is 4.74 Å². The largest absolute Gasteiger partial charge is 0.488 e. The molecule has 0 fully saturated rings. The molecule has 0 bridgehead atoms. The second kappa shape index (κ2) is 5.42. The Balaban J connectivity index is 2.05. The van der Waals surface area contributed by atoms with Gasteiger partial charge in [0, 0.05) is 10.7 Å². The first kappa shape index (κ1) is 13.6. The fourth-order valence-electron chi connectivity index (χ4n) is 1.36. The van der Waals surface area contributed by atoms with E-state index in [0.29, 0.717) is 17.3 Å². The van der Waals surface area contributed by atoms with Gasteiger partial charge in [0.05, 0.1) is 9.77 Å². The van der Waals surface area contributed by atoms with Crippen molar-refractivity contribution in [3.8, 4) is 5.75 Å². The first-order valence-corrected chi connectivity index (χ1v) is 8.68. The van der Waals surface area contributed by atoms with E-state index in [1.165, 1.54) is 6.26 Å². The summed E-state index contributed by atoms with van der Waals surface area (Å²) >= 11 is 5.04. The molecule has 0 radical (unpaired) electrons. The Labute approximate surface area is 118 Å². The molecule has 18 heavy (non-hydrogen) atoms. The fourth-order valence-corrected chi connectivity index (χ4v) is 3.37. The quantitative estimate of drug-likeness (QED) is 0.850. The molecule has 6 heteroatoms. The molecule has 0 spiro atoms. The second-order valence-corrected chi connectivity index (χ2v) is 7.59. The van der Waals surface area contributed by atoms with Crippen LogP contribution in [0, 0.1) is 0 Å². The van der Waals surface area contributed by atoms with Gasteiger partial charge < -0.3 is 4.74 Å². The van der Waals surface area contributed by atoms with Crippen LogP contribution in [0.3, 0.4) is 0 Å². The van der Waals surface area contributed by atoms with E-state index in [0.717, 1.165) is 9.35 Å². The summed E-state index contributed by atoms with van der Waals surface area (Å²) in [7, 11) is -3.15. The molecular weight excluding hydrogens is 336 g/mol. The molecule has 0 amide bonds. The monoisotopic (exact) mass is 346 g/mol. The highest BCUT2D eigenvalue weighted by Gasteiger charge is 2.07. The van der Waals surface area contributed by atoms with Gasteiger partial charge in [-0.2, -0.15) is 0 Å². The van der Waals surface area contributed by atoms with E-state index in [1.54, 1.807) is 35.6 Å². The van der Waals surface area contributed by atoms with E-state index in [1.807, 2.05) is 11.4 Å². The zero-order valence-electron chi connectivity index (χ0n) is 9.59. The van der Waals surface area contributed by atoms with Gasteiger partial charge in [0.15, 0.2) is 9.84 Å². The predicted molar refractivity (Wildman–Crippen MR) is 75.9 cm³/mol. The summed E-state index contributed by atoms with van der Waals surface area (Å²) < 4.78 is 29.2. The SMILES string of the molecule is CS(=O)(=O)c1ccc(OCc2sccc2Br)cc1. The van der Waals surface area contributed by atoms with Gasteiger partial charge >= 0.3 is 0 Å². The molecule has 0 atom stereocenters. The van der Waals surface area contributed by atoms with Gasteiger partial charge in [0.2, 0.25) is 0 Å². The molecule has 0 N–H and O–H groups in total. The van der Waals surface area contributed by atoms with Crippen molar-refractivity contribution in [3.05, 3.63) is 45.1 Å². The van der Waals surface area contributed by atoms with Crippen molar-refractivity contribution >= 4 is 37.1 Å². The maximum absolute atomic E-state index is 11.3. The molecule has 0 saturated heterocycles. The zero-order chi connectivity index (χ0) is 13.2. The van der Waals surface area contributed by atoms with Crippen LogP contribution in [0.2, 0.25) is 0 Å². The van der Waals surface area contributed by atoms with Gasteiger partial charge in [-0.25, -0.2) is 8.42 Å². The van der Waals surface area contributed by atoms with Gasteiger partial charge in [0.1, 0.15) is 12.4 Å². The van der Waals surface area contributed by atoms with Crippen molar-refractivity contribution in [1.82, 2.24) is 0 Å². The van der Waals surface area contributed by atoms with Gasteiger partial charge in [-0.3, -0.25) is 0 Å². The molecule has 96 valence electrons. The minimum atomic E-state index is -3.15. The molecule has 0 aliphatic heterocycles. The lowest BCUT2D eigenvalue weighted by Crippen LogP contribution is -1.97. The minimum Gasteiger partial charge on any atom is -0.488 e. The maximum Gasteiger partial charge on any atom is 0.175 e. The van der Waals surface area contributed by atoms with Gasteiger partial charge in [-0.05, 0) is 51.6 Å². The third-order valence-electron chi connectivity index (χ3n) is 2.31. The van der Waals surface area contributed by atoms with Crippen LogP contribution in [-0.4, -0.2) is 14.7 Å². The van der Waals surface area contributed by atoms with Gasteiger partial charge in [0.25, 0.3) is 0 Å².